The van der Waals surface area contributed by atoms with Crippen molar-refractivity contribution in [2.45, 2.75) is 45.9 Å². The van der Waals surface area contributed by atoms with E-state index < -0.39 is 29.5 Å². The minimum absolute atomic E-state index is 0.0226. The van der Waals surface area contributed by atoms with Gasteiger partial charge in [-0.15, -0.1) is 0 Å². The number of nitrogens with two attached hydrogens (primary N) is 1. The molecule has 13 heteroatoms. The van der Waals surface area contributed by atoms with Crippen LogP contribution in [0.3, 0.4) is 0 Å². The van der Waals surface area contributed by atoms with Crippen molar-refractivity contribution in [3.8, 4) is 5.75 Å². The van der Waals surface area contributed by atoms with Gasteiger partial charge in [-0.05, 0) is 45.4 Å². The van der Waals surface area contributed by atoms with E-state index in [2.05, 4.69) is 20.7 Å². The van der Waals surface area contributed by atoms with Crippen LogP contribution >= 0.6 is 11.6 Å². The lowest BCUT2D eigenvalue weighted by molar-refractivity contribution is 0.0635. The zero-order valence-corrected chi connectivity index (χ0v) is 21.3. The second kappa shape index (κ2) is 11.0. The summed E-state index contributed by atoms with van der Waals surface area (Å²) in [5.74, 6) is -1.10. The Morgan fingerprint density at radius 2 is 2.00 bits per heavy atom. The number of ether oxygens (including phenoxy) is 3. The molecular formula is C23H28ClFN6O5. The molecule has 0 aliphatic carbocycles. The number of nitrogen functional groups attached to an aromatic ring is 1. The van der Waals surface area contributed by atoms with Crippen molar-refractivity contribution in [1.29, 1.82) is 0 Å². The van der Waals surface area contributed by atoms with Crippen LogP contribution in [0.1, 0.15) is 43.7 Å². The number of methoxy groups -OCH3 is 1. The maximum Gasteiger partial charge on any atom is 0.412 e. The van der Waals surface area contributed by atoms with Crippen LogP contribution in [0.2, 0.25) is 5.15 Å². The van der Waals surface area contributed by atoms with Crippen molar-refractivity contribution in [2.24, 2.45) is 0 Å². The Morgan fingerprint density at radius 1 is 1.28 bits per heavy atom. The normalized spacial score (nSPS) is 12.3. The molecule has 2 amide bonds. The van der Waals surface area contributed by atoms with Crippen molar-refractivity contribution >= 4 is 40.6 Å². The number of nitrogens with zero attached hydrogens (tertiary/aromatic N) is 3. The highest BCUT2D eigenvalue weighted by molar-refractivity contribution is 6.29. The van der Waals surface area contributed by atoms with Crippen molar-refractivity contribution in [2.75, 3.05) is 24.8 Å². The fourth-order valence-electron chi connectivity index (χ4n) is 3.26. The van der Waals surface area contributed by atoms with Gasteiger partial charge in [0, 0.05) is 12.1 Å². The highest BCUT2D eigenvalue weighted by Crippen LogP contribution is 2.27. The van der Waals surface area contributed by atoms with Crippen LogP contribution < -0.4 is 21.1 Å². The van der Waals surface area contributed by atoms with Gasteiger partial charge in [-0.3, -0.25) is 10.1 Å². The molecule has 0 saturated heterocycles. The Hall–Kier alpha value is -3.64. The molecule has 11 nitrogen and oxygen atoms in total. The summed E-state index contributed by atoms with van der Waals surface area (Å²) in [6.45, 7) is 7.15. The van der Waals surface area contributed by atoms with Crippen LogP contribution in [0.25, 0.3) is 5.65 Å². The molecule has 0 unspecified atom stereocenters. The summed E-state index contributed by atoms with van der Waals surface area (Å²) < 4.78 is 31.0. The lowest BCUT2D eigenvalue weighted by atomic mass is 10.2. The van der Waals surface area contributed by atoms with Gasteiger partial charge in [0.05, 0.1) is 37.9 Å². The van der Waals surface area contributed by atoms with Crippen molar-refractivity contribution in [3.05, 3.63) is 46.6 Å². The van der Waals surface area contributed by atoms with Gasteiger partial charge in [-0.2, -0.15) is 5.10 Å². The van der Waals surface area contributed by atoms with Crippen molar-refractivity contribution < 1.29 is 28.2 Å². The lowest BCUT2D eigenvalue weighted by Crippen LogP contribution is -2.36. The first kappa shape index (κ1) is 27.0. The van der Waals surface area contributed by atoms with Crippen LogP contribution in [-0.4, -0.2) is 52.0 Å². The monoisotopic (exact) mass is 522 g/mol. The topological polar surface area (TPSA) is 142 Å². The number of amides is 2. The molecule has 0 spiro atoms. The highest BCUT2D eigenvalue weighted by Gasteiger charge is 2.21. The van der Waals surface area contributed by atoms with Crippen molar-refractivity contribution in [1.82, 2.24) is 19.9 Å². The number of hydrogen-bond acceptors (Lipinski definition) is 8. The van der Waals surface area contributed by atoms with Gasteiger partial charge >= 0.3 is 6.09 Å². The number of benzene rings is 1. The summed E-state index contributed by atoms with van der Waals surface area (Å²) in [5, 5.41) is 9.49. The quantitative estimate of drug-likeness (QED) is 0.379. The van der Waals surface area contributed by atoms with E-state index in [0.717, 1.165) is 0 Å². The number of rotatable bonds is 8. The standard InChI is InChI=1S/C23H28ClFN6O5/c1-12(10-35-11-13-6-14(25)19(34-5)15(26)7-13)28-21(32)17-9-27-20-16(8-18(24)30-31(17)20)29-22(33)36-23(2,3)4/h6-9,12H,10-11,26H2,1-5H3,(H,28,32)(H,29,33)/t12-/m1/s1. The lowest BCUT2D eigenvalue weighted by Gasteiger charge is -2.19. The van der Waals surface area contributed by atoms with E-state index in [0.29, 0.717) is 5.56 Å². The summed E-state index contributed by atoms with van der Waals surface area (Å²) >= 11 is 6.10. The largest absolute Gasteiger partial charge is 0.492 e. The second-order valence-corrected chi connectivity index (χ2v) is 9.36. The molecule has 0 aliphatic heterocycles. The van der Waals surface area contributed by atoms with E-state index in [-0.39, 0.29) is 46.8 Å². The molecular weight excluding hydrogens is 495 g/mol. The van der Waals surface area contributed by atoms with E-state index in [1.807, 2.05) is 0 Å². The average Bonchev–Trinajstić information content (AvgIpc) is 3.16. The summed E-state index contributed by atoms with van der Waals surface area (Å²) in [7, 11) is 1.33. The number of nitrogens with one attached hydrogen (secondary N) is 2. The number of halogens is 2. The highest BCUT2D eigenvalue weighted by atomic mass is 35.5. The number of carbonyl (C=O) groups is 2. The van der Waals surface area contributed by atoms with Crippen LogP contribution in [0.15, 0.2) is 24.4 Å². The summed E-state index contributed by atoms with van der Waals surface area (Å²) in [6.07, 6.45) is 0.607. The first-order chi connectivity index (χ1) is 16.9. The zero-order chi connectivity index (χ0) is 26.6. The molecule has 2 heterocycles. The Morgan fingerprint density at radius 3 is 2.64 bits per heavy atom. The van der Waals surface area contributed by atoms with Crippen LogP contribution in [0, 0.1) is 5.82 Å². The Balaban J connectivity index is 1.64. The van der Waals surface area contributed by atoms with E-state index in [1.54, 1.807) is 33.8 Å². The van der Waals surface area contributed by atoms with Gasteiger partial charge in [0.15, 0.2) is 28.1 Å². The molecule has 0 bridgehead atoms. The number of carbonyl (C=O) groups excluding carboxylic acids is 2. The van der Waals surface area contributed by atoms with Gasteiger partial charge in [0.25, 0.3) is 5.91 Å². The second-order valence-electron chi connectivity index (χ2n) is 8.98. The first-order valence-electron chi connectivity index (χ1n) is 10.9. The Labute approximate surface area is 212 Å². The third-order valence-electron chi connectivity index (χ3n) is 4.66. The third-order valence-corrected chi connectivity index (χ3v) is 4.84. The summed E-state index contributed by atoms with van der Waals surface area (Å²) in [5.41, 5.74) is 6.28. The minimum atomic E-state index is -0.704. The molecule has 0 radical (unpaired) electrons. The summed E-state index contributed by atoms with van der Waals surface area (Å²) in [6, 6.07) is 3.82. The molecule has 3 rings (SSSR count). The maximum atomic E-state index is 14.0. The minimum Gasteiger partial charge on any atom is -0.492 e. The van der Waals surface area contributed by atoms with E-state index >= 15 is 0 Å². The average molecular weight is 523 g/mol. The van der Waals surface area contributed by atoms with Gasteiger partial charge < -0.3 is 25.3 Å². The molecule has 0 aliphatic rings. The molecule has 4 N–H and O–H groups in total. The maximum absolute atomic E-state index is 14.0. The van der Waals surface area contributed by atoms with Gasteiger partial charge in [-0.25, -0.2) is 18.7 Å². The molecule has 36 heavy (non-hydrogen) atoms. The predicted octanol–water partition coefficient (Wildman–Crippen LogP) is 3.79. The number of aromatic nitrogens is 3. The number of hydrogen-bond donors (Lipinski definition) is 3. The zero-order valence-electron chi connectivity index (χ0n) is 20.5. The van der Waals surface area contributed by atoms with E-state index in [1.165, 1.54) is 30.0 Å². The van der Waals surface area contributed by atoms with Crippen molar-refractivity contribution in [3.63, 3.8) is 0 Å². The molecule has 0 fully saturated rings. The van der Waals surface area contributed by atoms with Gasteiger partial charge in [0.2, 0.25) is 0 Å². The third kappa shape index (κ3) is 6.73. The fraction of sp³-hybridized carbons (Fsp3) is 0.391. The van der Waals surface area contributed by atoms with E-state index in [9.17, 15) is 14.0 Å². The van der Waals surface area contributed by atoms with Crippen LogP contribution in [0.5, 0.6) is 5.75 Å². The fourth-order valence-corrected chi connectivity index (χ4v) is 3.45. The molecule has 0 saturated carbocycles. The predicted molar refractivity (Wildman–Crippen MR) is 132 cm³/mol. The number of anilines is 2. The Bertz CT molecular complexity index is 1250. The van der Waals surface area contributed by atoms with Crippen LogP contribution in [-0.2, 0) is 16.1 Å². The molecule has 194 valence electrons. The molecule has 1 atom stereocenters. The van der Waals surface area contributed by atoms with Gasteiger partial charge in [-0.1, -0.05) is 11.6 Å². The molecule has 3 aromatic rings. The van der Waals surface area contributed by atoms with Gasteiger partial charge in [0.1, 0.15) is 5.60 Å². The van der Waals surface area contributed by atoms with Crippen LogP contribution in [0.4, 0.5) is 20.6 Å². The number of imidazole rings is 1. The Kier molecular flexibility index (Phi) is 8.21. The number of fused-ring (bicyclic) bond motifs is 1. The molecule has 1 aromatic carbocycles. The molecule has 2 aromatic heterocycles. The first-order valence-corrected chi connectivity index (χ1v) is 11.3. The summed E-state index contributed by atoms with van der Waals surface area (Å²) in [4.78, 5) is 29.2. The SMILES string of the molecule is COc1c(N)cc(COC[C@@H](C)NC(=O)c2cnc3c(NC(=O)OC(C)(C)C)cc(Cl)nn23)cc1F. The van der Waals surface area contributed by atoms with E-state index in [4.69, 9.17) is 31.5 Å². The smallest absolute Gasteiger partial charge is 0.412 e.